The van der Waals surface area contributed by atoms with Gasteiger partial charge in [-0.2, -0.15) is 0 Å². The van der Waals surface area contributed by atoms with Crippen LogP contribution in [0.3, 0.4) is 0 Å². The minimum absolute atomic E-state index is 0.310. The van der Waals surface area contributed by atoms with Crippen LogP contribution in [0.1, 0.15) is 57.0 Å². The Hall–Kier alpha value is -3.14. The number of aryl methyl sites for hydroxylation is 1. The molecule has 8 nitrogen and oxygen atoms in total. The van der Waals surface area contributed by atoms with Gasteiger partial charge in [0.2, 0.25) is 0 Å². The van der Waals surface area contributed by atoms with E-state index in [0.717, 1.165) is 50.1 Å². The quantitative estimate of drug-likeness (QED) is 0.241. The Balaban J connectivity index is 2.52. The first-order chi connectivity index (χ1) is 20.4. The van der Waals surface area contributed by atoms with Crippen molar-refractivity contribution in [3.05, 3.63) is 86.5 Å². The van der Waals surface area contributed by atoms with Crippen molar-refractivity contribution < 1.29 is 15.3 Å². The number of rotatable bonds is 13. The van der Waals surface area contributed by atoms with Gasteiger partial charge in [-0.3, -0.25) is 0 Å². The molecule has 0 aliphatic heterocycles. The Morgan fingerprint density at radius 1 is 0.432 bits per heavy atom. The van der Waals surface area contributed by atoms with Crippen molar-refractivity contribution in [1.29, 1.82) is 0 Å². The minimum atomic E-state index is -0.689. The standard InChI is InChI=1S/C36H55N5O3/c1-24-13-30(14-25(33(24)42)19-37(3)4)36(2,31-15-26(20-38(5)6)34(43)27(16-31)21-39(7)8)32-17-28(22-40(9)10)35(44)29(18-32)23-41(11)12/h13-18,42-44H,19-23H2,1-12H3. The summed E-state index contributed by atoms with van der Waals surface area (Å²) in [6.07, 6.45) is 0. The summed E-state index contributed by atoms with van der Waals surface area (Å²) in [6.45, 7) is 7.13. The number of nitrogens with zero attached hydrogens (tertiary/aromatic N) is 5. The molecule has 0 unspecified atom stereocenters. The van der Waals surface area contributed by atoms with Gasteiger partial charge in [0.1, 0.15) is 17.2 Å². The molecule has 3 aromatic carbocycles. The van der Waals surface area contributed by atoms with Gasteiger partial charge >= 0.3 is 0 Å². The van der Waals surface area contributed by atoms with Gasteiger partial charge < -0.3 is 39.8 Å². The van der Waals surface area contributed by atoms with Gasteiger partial charge in [-0.1, -0.05) is 6.07 Å². The van der Waals surface area contributed by atoms with Crippen LogP contribution in [0.25, 0.3) is 0 Å². The fraction of sp³-hybridized carbons (Fsp3) is 0.500. The molecule has 0 aliphatic carbocycles. The second-order valence-corrected chi connectivity index (χ2v) is 13.9. The molecular formula is C36H55N5O3. The fourth-order valence-electron chi connectivity index (χ4n) is 6.04. The molecule has 8 heteroatoms. The number of hydrogen-bond donors (Lipinski definition) is 3. The molecule has 0 spiro atoms. The van der Waals surface area contributed by atoms with E-state index < -0.39 is 5.41 Å². The first-order valence-electron chi connectivity index (χ1n) is 15.2. The molecule has 3 rings (SSSR count). The van der Waals surface area contributed by atoms with Crippen LogP contribution in [0.15, 0.2) is 36.4 Å². The lowest BCUT2D eigenvalue weighted by molar-refractivity contribution is 0.366. The maximum atomic E-state index is 11.4. The van der Waals surface area contributed by atoms with E-state index in [4.69, 9.17) is 0 Å². The van der Waals surface area contributed by atoms with Crippen LogP contribution in [-0.4, -0.2) is 110 Å². The zero-order chi connectivity index (χ0) is 33.1. The molecule has 3 N–H and O–H groups in total. The first-order valence-corrected chi connectivity index (χ1v) is 15.2. The minimum Gasteiger partial charge on any atom is -0.507 e. The van der Waals surface area contributed by atoms with Crippen molar-refractivity contribution in [2.75, 3.05) is 70.5 Å². The Morgan fingerprint density at radius 3 is 0.909 bits per heavy atom. The average molecular weight is 606 g/mol. The maximum absolute atomic E-state index is 11.4. The maximum Gasteiger partial charge on any atom is 0.124 e. The number of aromatic hydroxyl groups is 3. The third kappa shape index (κ3) is 8.11. The Kier molecular flexibility index (Phi) is 11.5. The van der Waals surface area contributed by atoms with E-state index in [0.29, 0.717) is 50.0 Å². The Morgan fingerprint density at radius 2 is 0.659 bits per heavy atom. The van der Waals surface area contributed by atoms with Crippen molar-refractivity contribution in [1.82, 2.24) is 24.5 Å². The predicted molar refractivity (Wildman–Crippen MR) is 182 cm³/mol. The van der Waals surface area contributed by atoms with Crippen LogP contribution in [0.5, 0.6) is 17.2 Å². The fourth-order valence-corrected chi connectivity index (χ4v) is 6.04. The average Bonchev–Trinajstić information content (AvgIpc) is 2.89. The van der Waals surface area contributed by atoms with Crippen LogP contribution in [-0.2, 0) is 38.1 Å². The van der Waals surface area contributed by atoms with E-state index in [1.165, 1.54) is 0 Å². The second kappa shape index (κ2) is 14.3. The summed E-state index contributed by atoms with van der Waals surface area (Å²) >= 11 is 0. The molecule has 0 fully saturated rings. The molecule has 0 radical (unpaired) electrons. The summed E-state index contributed by atoms with van der Waals surface area (Å²) in [5.74, 6) is 0.950. The highest BCUT2D eigenvalue weighted by molar-refractivity contribution is 5.59. The highest BCUT2D eigenvalue weighted by Crippen LogP contribution is 2.45. The van der Waals surface area contributed by atoms with E-state index in [2.05, 4.69) is 67.8 Å². The molecule has 3 aromatic rings. The number of hydrogen-bond acceptors (Lipinski definition) is 8. The van der Waals surface area contributed by atoms with Crippen molar-refractivity contribution in [2.45, 2.75) is 52.0 Å². The smallest absolute Gasteiger partial charge is 0.124 e. The number of phenols is 3. The lowest BCUT2D eigenvalue weighted by Gasteiger charge is -2.35. The van der Waals surface area contributed by atoms with Gasteiger partial charge in [0.05, 0.1) is 0 Å². The van der Waals surface area contributed by atoms with Crippen LogP contribution in [0, 0.1) is 6.92 Å². The summed E-state index contributed by atoms with van der Waals surface area (Å²) in [4.78, 5) is 10.3. The summed E-state index contributed by atoms with van der Waals surface area (Å²) in [5.41, 5.74) is 7.56. The van der Waals surface area contributed by atoms with Crippen LogP contribution >= 0.6 is 0 Å². The normalized spacial score (nSPS) is 12.5. The zero-order valence-electron chi connectivity index (χ0n) is 29.1. The lowest BCUT2D eigenvalue weighted by atomic mass is 9.69. The highest BCUT2D eigenvalue weighted by Gasteiger charge is 2.35. The van der Waals surface area contributed by atoms with Gasteiger partial charge in [-0.25, -0.2) is 0 Å². The largest absolute Gasteiger partial charge is 0.507 e. The molecule has 0 aromatic heterocycles. The van der Waals surface area contributed by atoms with Crippen LogP contribution in [0.2, 0.25) is 0 Å². The molecular weight excluding hydrogens is 550 g/mol. The Labute approximate surface area is 265 Å². The summed E-state index contributed by atoms with van der Waals surface area (Å²) in [6, 6.07) is 12.7. The molecule has 0 saturated carbocycles. The monoisotopic (exact) mass is 605 g/mol. The van der Waals surface area contributed by atoms with E-state index >= 15 is 0 Å². The number of phenolic OH excluding ortho intramolecular Hbond substituents is 3. The van der Waals surface area contributed by atoms with Crippen molar-refractivity contribution in [2.24, 2.45) is 0 Å². The van der Waals surface area contributed by atoms with Crippen molar-refractivity contribution >= 4 is 0 Å². The van der Waals surface area contributed by atoms with E-state index in [-0.39, 0.29) is 0 Å². The molecule has 0 amide bonds. The molecule has 0 bridgehead atoms. The van der Waals surface area contributed by atoms with Crippen LogP contribution in [0.4, 0.5) is 0 Å². The first kappa shape index (κ1) is 35.3. The Bertz CT molecular complexity index is 1310. The molecule has 0 atom stereocenters. The second-order valence-electron chi connectivity index (χ2n) is 13.9. The molecule has 44 heavy (non-hydrogen) atoms. The summed E-state index contributed by atoms with van der Waals surface area (Å²) in [7, 11) is 20.1. The summed E-state index contributed by atoms with van der Waals surface area (Å²) < 4.78 is 0. The lowest BCUT2D eigenvalue weighted by Crippen LogP contribution is -2.28. The zero-order valence-corrected chi connectivity index (χ0v) is 29.1. The summed E-state index contributed by atoms with van der Waals surface area (Å²) in [5, 5.41) is 34.0. The topological polar surface area (TPSA) is 76.9 Å². The van der Waals surface area contributed by atoms with Gasteiger partial charge in [0.25, 0.3) is 0 Å². The van der Waals surface area contributed by atoms with Crippen molar-refractivity contribution in [3.63, 3.8) is 0 Å². The molecule has 242 valence electrons. The highest BCUT2D eigenvalue weighted by atomic mass is 16.3. The molecule has 0 heterocycles. The van der Waals surface area contributed by atoms with Gasteiger partial charge in [-0.05, 0) is 137 Å². The van der Waals surface area contributed by atoms with Crippen molar-refractivity contribution in [3.8, 4) is 17.2 Å². The molecule has 0 saturated heterocycles. The molecule has 0 aliphatic rings. The van der Waals surface area contributed by atoms with Crippen LogP contribution < -0.4 is 0 Å². The van der Waals surface area contributed by atoms with E-state index in [1.54, 1.807) is 0 Å². The third-order valence-electron chi connectivity index (χ3n) is 8.08. The van der Waals surface area contributed by atoms with Gasteiger partial charge in [0, 0.05) is 66.0 Å². The number of benzene rings is 3. The van der Waals surface area contributed by atoms with Gasteiger partial charge in [-0.15, -0.1) is 0 Å². The van der Waals surface area contributed by atoms with E-state index in [1.807, 2.05) is 77.4 Å². The van der Waals surface area contributed by atoms with E-state index in [9.17, 15) is 15.3 Å². The SMILES string of the molecule is Cc1cc(C(C)(c2cc(CN(C)C)c(O)c(CN(C)C)c2)c2cc(CN(C)C)c(O)c(CN(C)C)c2)cc(CN(C)C)c1O. The third-order valence-corrected chi connectivity index (χ3v) is 8.08. The van der Waals surface area contributed by atoms with Gasteiger partial charge in [0.15, 0.2) is 0 Å². The predicted octanol–water partition coefficient (Wildman–Crippen LogP) is 4.77.